The summed E-state index contributed by atoms with van der Waals surface area (Å²) in [4.78, 5) is 40.3. The number of halogens is 2. The normalized spacial score (nSPS) is 14.3. The molecule has 1 saturated carbocycles. The molecular formula is C26H25F2N3O4. The quantitative estimate of drug-likeness (QED) is 0.506. The lowest BCUT2D eigenvalue weighted by Gasteiger charge is -2.32. The van der Waals surface area contributed by atoms with Crippen molar-refractivity contribution in [3.8, 4) is 0 Å². The van der Waals surface area contributed by atoms with Gasteiger partial charge in [0, 0.05) is 6.04 Å². The molecule has 0 saturated heterocycles. The highest BCUT2D eigenvalue weighted by molar-refractivity contribution is 6.04. The molecular weight excluding hydrogens is 456 g/mol. The number of nitrogens with one attached hydrogen (secondary N) is 2. The lowest BCUT2D eigenvalue weighted by atomic mass is 10.0. The van der Waals surface area contributed by atoms with Crippen LogP contribution in [0.25, 0.3) is 0 Å². The smallest absolute Gasteiger partial charge is 0.287 e. The van der Waals surface area contributed by atoms with Crippen molar-refractivity contribution in [2.75, 3.05) is 11.4 Å². The summed E-state index contributed by atoms with van der Waals surface area (Å²) in [6.07, 6.45) is 4.87. The van der Waals surface area contributed by atoms with Crippen molar-refractivity contribution in [3.63, 3.8) is 0 Å². The zero-order chi connectivity index (χ0) is 24.8. The van der Waals surface area contributed by atoms with Crippen molar-refractivity contribution >= 4 is 23.4 Å². The fourth-order valence-corrected chi connectivity index (χ4v) is 4.21. The Morgan fingerprint density at radius 3 is 2.34 bits per heavy atom. The summed E-state index contributed by atoms with van der Waals surface area (Å²) in [5.41, 5.74) is 0.163. The number of benzene rings is 2. The van der Waals surface area contributed by atoms with Gasteiger partial charge in [-0.3, -0.25) is 19.3 Å². The largest absolute Gasteiger partial charge is 0.459 e. The van der Waals surface area contributed by atoms with Gasteiger partial charge >= 0.3 is 0 Å². The molecule has 0 spiro atoms. The van der Waals surface area contributed by atoms with Gasteiger partial charge in [0.25, 0.3) is 5.91 Å². The molecule has 0 bridgehead atoms. The summed E-state index contributed by atoms with van der Waals surface area (Å²) in [7, 11) is 0. The van der Waals surface area contributed by atoms with Gasteiger partial charge in [-0.1, -0.05) is 37.1 Å². The van der Waals surface area contributed by atoms with Gasteiger partial charge in [0.05, 0.1) is 18.5 Å². The molecule has 1 atom stereocenters. The van der Waals surface area contributed by atoms with Gasteiger partial charge in [0.1, 0.15) is 17.7 Å². The number of amides is 3. The topological polar surface area (TPSA) is 91.7 Å². The van der Waals surface area contributed by atoms with E-state index in [0.717, 1.165) is 30.6 Å². The van der Waals surface area contributed by atoms with E-state index < -0.39 is 41.9 Å². The number of para-hydroxylation sites is 1. The Hall–Kier alpha value is -4.01. The summed E-state index contributed by atoms with van der Waals surface area (Å²) in [6, 6.07) is 12.3. The zero-order valence-corrected chi connectivity index (χ0v) is 18.9. The Labute approximate surface area is 201 Å². The molecule has 9 heteroatoms. The number of carbonyl (C=O) groups is 3. The number of anilines is 1. The maximum atomic E-state index is 14.9. The molecule has 1 aliphatic carbocycles. The molecule has 0 radical (unpaired) electrons. The van der Waals surface area contributed by atoms with E-state index in [0.29, 0.717) is 5.56 Å². The van der Waals surface area contributed by atoms with Crippen LogP contribution in [0.4, 0.5) is 14.5 Å². The highest BCUT2D eigenvalue weighted by Gasteiger charge is 2.35. The van der Waals surface area contributed by atoms with Crippen molar-refractivity contribution in [1.29, 1.82) is 0 Å². The Morgan fingerprint density at radius 2 is 1.69 bits per heavy atom. The molecule has 1 aromatic heterocycles. The van der Waals surface area contributed by atoms with Gasteiger partial charge in [-0.15, -0.1) is 0 Å². The highest BCUT2D eigenvalue weighted by Crippen LogP contribution is 2.31. The van der Waals surface area contributed by atoms with Crippen LogP contribution in [-0.4, -0.2) is 30.3 Å². The first-order chi connectivity index (χ1) is 16.9. The van der Waals surface area contributed by atoms with Gasteiger partial charge in [-0.2, -0.15) is 0 Å². The predicted octanol–water partition coefficient (Wildman–Crippen LogP) is 4.12. The van der Waals surface area contributed by atoms with E-state index in [-0.39, 0.29) is 17.5 Å². The third kappa shape index (κ3) is 5.74. The summed E-state index contributed by atoms with van der Waals surface area (Å²) in [5.74, 6) is -3.12. The Bertz CT molecular complexity index is 1180. The lowest BCUT2D eigenvalue weighted by molar-refractivity contribution is -0.126. The van der Waals surface area contributed by atoms with E-state index in [2.05, 4.69) is 10.6 Å². The molecule has 4 rings (SSSR count). The molecule has 1 fully saturated rings. The SMILES string of the molecule is O=C(NCC(=O)N(c1ccccc1F)[C@@H](C(=O)NC1CCCC1)c1ccc(F)cc1)c1ccco1. The minimum atomic E-state index is -1.29. The highest BCUT2D eigenvalue weighted by atomic mass is 19.1. The number of nitrogens with zero attached hydrogens (tertiary/aromatic N) is 1. The summed E-state index contributed by atoms with van der Waals surface area (Å²) in [6.45, 7) is -0.526. The van der Waals surface area contributed by atoms with E-state index in [9.17, 15) is 23.2 Å². The number of carbonyl (C=O) groups excluding carboxylic acids is 3. The van der Waals surface area contributed by atoms with Gasteiger partial charge < -0.3 is 15.1 Å². The molecule has 182 valence electrons. The Morgan fingerprint density at radius 1 is 0.971 bits per heavy atom. The average Bonchev–Trinajstić information content (AvgIpc) is 3.57. The second-order valence-electron chi connectivity index (χ2n) is 8.32. The first-order valence-corrected chi connectivity index (χ1v) is 11.4. The maximum absolute atomic E-state index is 14.9. The standard InChI is InChI=1S/C26H25F2N3O4/c27-18-13-11-17(12-14-18)24(26(34)30-19-6-1-2-7-19)31(21-9-4-3-8-20(21)28)23(32)16-29-25(33)22-10-5-15-35-22/h3-5,8-15,19,24H,1-2,6-7,16H2,(H,29,33)(H,30,34)/t24-/m1/s1. The third-order valence-electron chi connectivity index (χ3n) is 5.92. The van der Waals surface area contributed by atoms with Gasteiger partial charge in [0.2, 0.25) is 11.8 Å². The van der Waals surface area contributed by atoms with E-state index in [1.54, 1.807) is 0 Å². The van der Waals surface area contributed by atoms with E-state index in [1.165, 1.54) is 66.9 Å². The maximum Gasteiger partial charge on any atom is 0.287 e. The second kappa shape index (κ2) is 10.9. The molecule has 1 heterocycles. The van der Waals surface area contributed by atoms with Crippen molar-refractivity contribution in [1.82, 2.24) is 10.6 Å². The summed E-state index contributed by atoms with van der Waals surface area (Å²) in [5, 5.41) is 5.40. The molecule has 35 heavy (non-hydrogen) atoms. The van der Waals surface area contributed by atoms with Crippen molar-refractivity contribution in [2.45, 2.75) is 37.8 Å². The van der Waals surface area contributed by atoms with Crippen LogP contribution < -0.4 is 15.5 Å². The van der Waals surface area contributed by atoms with Crippen LogP contribution in [-0.2, 0) is 9.59 Å². The number of hydrogen-bond donors (Lipinski definition) is 2. The molecule has 2 N–H and O–H groups in total. The molecule has 0 aliphatic heterocycles. The molecule has 1 aliphatic rings. The van der Waals surface area contributed by atoms with Gasteiger partial charge in [0.15, 0.2) is 5.76 Å². The number of furan rings is 1. The lowest BCUT2D eigenvalue weighted by Crippen LogP contribution is -2.49. The fourth-order valence-electron chi connectivity index (χ4n) is 4.21. The van der Waals surface area contributed by atoms with E-state index in [1.807, 2.05) is 0 Å². The van der Waals surface area contributed by atoms with Crippen LogP contribution in [0.15, 0.2) is 71.3 Å². The van der Waals surface area contributed by atoms with Gasteiger partial charge in [-0.05, 0) is 54.8 Å². The third-order valence-corrected chi connectivity index (χ3v) is 5.92. The van der Waals surface area contributed by atoms with Crippen LogP contribution in [0.3, 0.4) is 0 Å². The molecule has 2 aromatic carbocycles. The zero-order valence-electron chi connectivity index (χ0n) is 18.9. The second-order valence-corrected chi connectivity index (χ2v) is 8.32. The monoisotopic (exact) mass is 481 g/mol. The average molecular weight is 481 g/mol. The van der Waals surface area contributed by atoms with Crippen LogP contribution in [0, 0.1) is 11.6 Å². The molecule has 7 nitrogen and oxygen atoms in total. The van der Waals surface area contributed by atoms with Crippen molar-refractivity contribution in [2.24, 2.45) is 0 Å². The Balaban J connectivity index is 1.69. The van der Waals surface area contributed by atoms with Crippen LogP contribution in [0.5, 0.6) is 0 Å². The first kappa shape index (κ1) is 24.1. The predicted molar refractivity (Wildman–Crippen MR) is 124 cm³/mol. The Kier molecular flexibility index (Phi) is 7.54. The number of hydrogen-bond acceptors (Lipinski definition) is 4. The van der Waals surface area contributed by atoms with Crippen LogP contribution in [0.2, 0.25) is 0 Å². The minimum Gasteiger partial charge on any atom is -0.459 e. The fraction of sp³-hybridized carbons (Fsp3) is 0.269. The van der Waals surface area contributed by atoms with Crippen molar-refractivity contribution in [3.05, 3.63) is 89.9 Å². The van der Waals surface area contributed by atoms with Crippen LogP contribution >= 0.6 is 0 Å². The van der Waals surface area contributed by atoms with Crippen LogP contribution in [0.1, 0.15) is 47.8 Å². The van der Waals surface area contributed by atoms with Gasteiger partial charge in [-0.25, -0.2) is 8.78 Å². The first-order valence-electron chi connectivity index (χ1n) is 11.4. The van der Waals surface area contributed by atoms with Crippen molar-refractivity contribution < 1.29 is 27.6 Å². The molecule has 3 aromatic rings. The molecule has 3 amide bonds. The van der Waals surface area contributed by atoms with E-state index in [4.69, 9.17) is 4.42 Å². The number of rotatable bonds is 8. The minimum absolute atomic E-state index is 0.00398. The summed E-state index contributed by atoms with van der Waals surface area (Å²) >= 11 is 0. The molecule has 0 unspecified atom stereocenters. The summed E-state index contributed by atoms with van der Waals surface area (Å²) < 4.78 is 33.7. The van der Waals surface area contributed by atoms with E-state index >= 15 is 0 Å².